The lowest BCUT2D eigenvalue weighted by atomic mass is 11.7. The van der Waals surface area contributed by atoms with E-state index in [-0.39, 0.29) is 0 Å². The van der Waals surface area contributed by atoms with Crippen LogP contribution in [0.1, 0.15) is 0 Å². The molecule has 0 aliphatic rings. The maximum Gasteiger partial charge on any atom is 0.673 e. The molecule has 0 aliphatic carbocycles. The highest BCUT2D eigenvalue weighted by Crippen LogP contribution is 2.23. The zero-order chi connectivity index (χ0) is 16.6. The molecule has 0 atom stereocenters. The van der Waals surface area contributed by atoms with Crippen molar-refractivity contribution in [3.05, 3.63) is 0 Å². The van der Waals surface area contributed by atoms with E-state index < -0.39 is 33.1 Å². The van der Waals surface area contributed by atoms with Crippen LogP contribution in [-0.4, -0.2) is 88.0 Å². The average molecular weight is 365 g/mol. The van der Waals surface area contributed by atoms with Crippen molar-refractivity contribution in [3.8, 4) is 0 Å². The third-order valence-electron chi connectivity index (χ3n) is 2.60. The Labute approximate surface area is 128 Å². The van der Waals surface area contributed by atoms with Gasteiger partial charge in [0, 0.05) is 49.8 Å². The molecule has 13 heteroatoms. The van der Waals surface area contributed by atoms with Gasteiger partial charge in [0.25, 0.3) is 0 Å². The molecule has 0 aromatic heterocycles. The van der Waals surface area contributed by atoms with Crippen LogP contribution in [0, 0.1) is 0 Å². The van der Waals surface area contributed by atoms with Gasteiger partial charge in [-0.2, -0.15) is 0 Å². The summed E-state index contributed by atoms with van der Waals surface area (Å²) in [7, 11) is -1.38. The summed E-state index contributed by atoms with van der Waals surface area (Å²) in [4.78, 5) is 0. The molecule has 128 valence electrons. The molecule has 0 spiro atoms. The van der Waals surface area contributed by atoms with Crippen molar-refractivity contribution in [2.24, 2.45) is 0 Å². The lowest BCUT2D eigenvalue weighted by molar-refractivity contribution is -0.0291. The molecule has 0 saturated heterocycles. The molecule has 0 rings (SSSR count). The number of aliphatic hydroxyl groups is 1. The van der Waals surface area contributed by atoms with Crippen molar-refractivity contribution in [1.29, 1.82) is 0 Å². The van der Waals surface area contributed by atoms with Crippen molar-refractivity contribution in [2.75, 3.05) is 56.0 Å². The highest BCUT2D eigenvalue weighted by atomic mass is 28.5. The van der Waals surface area contributed by atoms with Crippen molar-refractivity contribution in [2.45, 2.75) is 0 Å². The predicted octanol–water partition coefficient (Wildman–Crippen LogP) is -1.11. The molecule has 0 aromatic rings. The Morgan fingerprint density at radius 2 is 0.952 bits per heavy atom. The molecule has 0 aromatic carbocycles. The molecule has 0 bridgehead atoms. The van der Waals surface area contributed by atoms with E-state index in [4.69, 9.17) is 39.2 Å². The normalized spacial score (nSPS) is 13.7. The Bertz CT molecular complexity index is 241. The van der Waals surface area contributed by atoms with Crippen molar-refractivity contribution in [1.82, 2.24) is 0 Å². The molecule has 1 N–H and O–H groups in total. The largest absolute Gasteiger partial charge is 0.673 e. The van der Waals surface area contributed by atoms with Gasteiger partial charge in [-0.15, -0.1) is 0 Å². The van der Waals surface area contributed by atoms with Crippen LogP contribution in [0.4, 0.5) is 0 Å². The summed E-state index contributed by atoms with van der Waals surface area (Å²) in [6.07, 6.45) is -0.494. The van der Waals surface area contributed by atoms with Crippen LogP contribution in [-0.2, 0) is 39.2 Å². The maximum atomic E-state index is 9.46. The first-order valence-corrected chi connectivity index (χ1v) is 11.0. The number of aliphatic hydroxyl groups excluding tert-OH is 1. The molecule has 0 unspecified atom stereocenters. The van der Waals surface area contributed by atoms with E-state index in [9.17, 15) is 5.11 Å². The second-order valence-corrected chi connectivity index (χ2v) is 11.6. The minimum atomic E-state index is -3.80. The Hall–Kier alpha value is 0.251. The summed E-state index contributed by atoms with van der Waals surface area (Å²) in [5.41, 5.74) is 0. The van der Waals surface area contributed by atoms with E-state index in [1.165, 1.54) is 49.8 Å². The molecule has 0 amide bonds. The molecule has 0 aliphatic heterocycles. The molecular weight excluding hydrogens is 340 g/mol. The van der Waals surface area contributed by atoms with Crippen molar-refractivity contribution in [3.63, 3.8) is 0 Å². The first-order valence-electron chi connectivity index (χ1n) is 5.77. The first kappa shape index (κ1) is 21.3. The Balaban J connectivity index is 5.42. The van der Waals surface area contributed by atoms with E-state index in [1.807, 2.05) is 0 Å². The summed E-state index contributed by atoms with van der Waals surface area (Å²) in [5, 5.41) is 9.46. The second kappa shape index (κ2) is 9.40. The van der Waals surface area contributed by atoms with E-state index in [0.717, 1.165) is 0 Å². The van der Waals surface area contributed by atoms with Crippen LogP contribution >= 0.6 is 0 Å². The summed E-state index contributed by atoms with van der Waals surface area (Å²) < 4.78 is 47.5. The SMILES string of the molecule is CO[Si](CO)(OC)O[Si](OC)(OC)O[Si](OC)(OC)OC. The molecule has 0 saturated carbocycles. The minimum absolute atomic E-state index is 0.494. The van der Waals surface area contributed by atoms with Gasteiger partial charge in [-0.25, -0.2) is 0 Å². The molecule has 0 heterocycles. The smallest absolute Gasteiger partial charge is 0.392 e. The minimum Gasteiger partial charge on any atom is -0.392 e. The molecule has 0 radical (unpaired) electrons. The topological polar surface area (TPSA) is 103 Å². The number of hydrogen-bond acceptors (Lipinski definition) is 10. The van der Waals surface area contributed by atoms with Crippen molar-refractivity contribution < 1.29 is 44.3 Å². The lowest BCUT2D eigenvalue weighted by Gasteiger charge is -2.36. The summed E-state index contributed by atoms with van der Waals surface area (Å²) in [6.45, 7) is 0. The van der Waals surface area contributed by atoms with Gasteiger partial charge in [-0.1, -0.05) is 0 Å². The predicted molar refractivity (Wildman–Crippen MR) is 75.6 cm³/mol. The monoisotopic (exact) mass is 364 g/mol. The number of hydrogen-bond donors (Lipinski definition) is 1. The van der Waals surface area contributed by atoms with E-state index in [2.05, 4.69) is 0 Å². The zero-order valence-corrected chi connectivity index (χ0v) is 16.3. The Morgan fingerprint density at radius 1 is 0.571 bits per heavy atom. The average Bonchev–Trinajstić information content (AvgIpc) is 2.57. The van der Waals surface area contributed by atoms with Crippen LogP contribution in [0.25, 0.3) is 0 Å². The standard InChI is InChI=1S/C8H24O10Si3/c1-10-19(8-9,11-2)17-21(15-6,16-7)18-20(12-3,13-4)14-5/h9H,8H2,1-7H3. The summed E-state index contributed by atoms with van der Waals surface area (Å²) in [5.74, 6) is 0. The van der Waals surface area contributed by atoms with Gasteiger partial charge in [0.1, 0.15) is 6.23 Å². The van der Waals surface area contributed by atoms with Gasteiger partial charge in [-0.3, -0.25) is 0 Å². The van der Waals surface area contributed by atoms with Crippen LogP contribution in [0.5, 0.6) is 0 Å². The van der Waals surface area contributed by atoms with Gasteiger partial charge in [0.05, 0.1) is 0 Å². The lowest BCUT2D eigenvalue weighted by Crippen LogP contribution is -2.66. The molecule has 21 heavy (non-hydrogen) atoms. The maximum absolute atomic E-state index is 9.46. The van der Waals surface area contributed by atoms with Crippen molar-refractivity contribution >= 4 is 26.9 Å². The quantitative estimate of drug-likeness (QED) is 0.429. The highest BCUT2D eigenvalue weighted by Gasteiger charge is 2.62. The van der Waals surface area contributed by atoms with Gasteiger partial charge in [0.15, 0.2) is 0 Å². The Kier molecular flexibility index (Phi) is 9.52. The van der Waals surface area contributed by atoms with Crippen LogP contribution < -0.4 is 0 Å². The second-order valence-electron chi connectivity index (χ2n) is 3.47. The fourth-order valence-electron chi connectivity index (χ4n) is 1.32. The van der Waals surface area contributed by atoms with E-state index >= 15 is 0 Å². The zero-order valence-electron chi connectivity index (χ0n) is 13.3. The molecule has 0 fully saturated rings. The summed E-state index contributed by atoms with van der Waals surface area (Å²) >= 11 is 0. The third kappa shape index (κ3) is 5.13. The van der Waals surface area contributed by atoms with Crippen LogP contribution in [0.3, 0.4) is 0 Å². The molecule has 10 nitrogen and oxygen atoms in total. The van der Waals surface area contributed by atoms with Gasteiger partial charge in [-0.05, 0) is 0 Å². The third-order valence-corrected chi connectivity index (χ3v) is 11.0. The van der Waals surface area contributed by atoms with Gasteiger partial charge in [0.2, 0.25) is 0 Å². The van der Waals surface area contributed by atoms with Crippen LogP contribution in [0.15, 0.2) is 0 Å². The highest BCUT2D eigenvalue weighted by molar-refractivity contribution is 6.76. The first-order chi connectivity index (χ1) is 9.90. The summed E-state index contributed by atoms with van der Waals surface area (Å²) in [6, 6.07) is 0. The van der Waals surface area contributed by atoms with Crippen LogP contribution in [0.2, 0.25) is 0 Å². The van der Waals surface area contributed by atoms with Gasteiger partial charge < -0.3 is 44.3 Å². The van der Waals surface area contributed by atoms with Gasteiger partial charge >= 0.3 is 26.9 Å². The van der Waals surface area contributed by atoms with E-state index in [1.54, 1.807) is 0 Å². The fourth-order valence-corrected chi connectivity index (χ4v) is 8.96. The van der Waals surface area contributed by atoms with E-state index in [0.29, 0.717) is 0 Å². The number of rotatable bonds is 12. The Morgan fingerprint density at radius 3 is 1.19 bits per heavy atom. The molecular formula is C8H24O10Si3. The fraction of sp³-hybridized carbons (Fsp3) is 1.00.